The number of hydrogen-bond acceptors (Lipinski definition) is 4. The van der Waals surface area contributed by atoms with Gasteiger partial charge in [-0.1, -0.05) is 27.2 Å². The Kier molecular flexibility index (Phi) is 5.49. The average Bonchev–Trinajstić information content (AvgIpc) is 2.96. The summed E-state index contributed by atoms with van der Waals surface area (Å²) in [4.78, 5) is 17.4. The predicted octanol–water partition coefficient (Wildman–Crippen LogP) is 1.93. The zero-order valence-corrected chi connectivity index (χ0v) is 16.1. The molecule has 0 bridgehead atoms. The van der Waals surface area contributed by atoms with Crippen LogP contribution in [0.15, 0.2) is 6.20 Å². The van der Waals surface area contributed by atoms with Crippen LogP contribution in [0.25, 0.3) is 0 Å². The van der Waals surface area contributed by atoms with Crippen molar-refractivity contribution in [3.63, 3.8) is 0 Å². The first kappa shape index (κ1) is 18.4. The van der Waals surface area contributed by atoms with Crippen LogP contribution in [0.4, 0.5) is 0 Å². The molecule has 0 aliphatic carbocycles. The molecule has 1 atom stereocenters. The van der Waals surface area contributed by atoms with Crippen molar-refractivity contribution in [2.75, 3.05) is 32.8 Å². The standard InChI is InChI=1S/C19H32N4O2/c1-19(2,3)17-15(13-21(4)20-17)14-23-8-6-5-7-16(23)18(24)22-9-11-25-12-10-22/h13,16H,5-12,14H2,1-4H3/t16-/m0/s1. The number of likely N-dealkylation sites (tertiary alicyclic amines) is 1. The molecule has 6 heteroatoms. The van der Waals surface area contributed by atoms with Gasteiger partial charge in [0.1, 0.15) is 0 Å². The van der Waals surface area contributed by atoms with Gasteiger partial charge in [-0.2, -0.15) is 5.10 Å². The van der Waals surface area contributed by atoms with Gasteiger partial charge in [0.25, 0.3) is 0 Å². The molecule has 140 valence electrons. The normalized spacial score (nSPS) is 23.0. The molecule has 1 aromatic rings. The van der Waals surface area contributed by atoms with Crippen LogP contribution in [0.2, 0.25) is 0 Å². The molecule has 3 rings (SSSR count). The number of nitrogens with zero attached hydrogens (tertiary/aromatic N) is 4. The topological polar surface area (TPSA) is 50.6 Å². The van der Waals surface area contributed by atoms with Gasteiger partial charge in [-0.15, -0.1) is 0 Å². The number of amides is 1. The molecule has 2 aliphatic rings. The molecule has 0 N–H and O–H groups in total. The highest BCUT2D eigenvalue weighted by molar-refractivity contribution is 5.82. The summed E-state index contributed by atoms with van der Waals surface area (Å²) in [6, 6.07) is -0.000116. The van der Waals surface area contributed by atoms with Crippen LogP contribution in [-0.2, 0) is 28.5 Å². The van der Waals surface area contributed by atoms with Crippen LogP contribution >= 0.6 is 0 Å². The molecule has 25 heavy (non-hydrogen) atoms. The first-order valence-corrected chi connectivity index (χ1v) is 9.50. The van der Waals surface area contributed by atoms with Gasteiger partial charge < -0.3 is 9.64 Å². The van der Waals surface area contributed by atoms with Gasteiger partial charge in [0.05, 0.1) is 24.9 Å². The Bertz CT molecular complexity index is 599. The van der Waals surface area contributed by atoms with E-state index in [4.69, 9.17) is 4.74 Å². The Morgan fingerprint density at radius 1 is 1.24 bits per heavy atom. The first-order chi connectivity index (χ1) is 11.9. The molecule has 0 radical (unpaired) electrons. The predicted molar refractivity (Wildman–Crippen MR) is 97.4 cm³/mol. The van der Waals surface area contributed by atoms with Crippen molar-refractivity contribution < 1.29 is 9.53 Å². The maximum atomic E-state index is 13.0. The number of carbonyl (C=O) groups excluding carboxylic acids is 1. The summed E-state index contributed by atoms with van der Waals surface area (Å²) in [7, 11) is 1.98. The molecular weight excluding hydrogens is 316 g/mol. The third-order valence-electron chi connectivity index (χ3n) is 5.21. The quantitative estimate of drug-likeness (QED) is 0.838. The second-order valence-corrected chi connectivity index (χ2v) is 8.35. The van der Waals surface area contributed by atoms with E-state index < -0.39 is 0 Å². The van der Waals surface area contributed by atoms with E-state index in [0.717, 1.165) is 51.1 Å². The van der Waals surface area contributed by atoms with Crippen molar-refractivity contribution in [3.05, 3.63) is 17.5 Å². The van der Waals surface area contributed by atoms with Crippen LogP contribution in [0.3, 0.4) is 0 Å². The number of ether oxygens (including phenoxy) is 1. The molecule has 6 nitrogen and oxygen atoms in total. The second kappa shape index (κ2) is 7.46. The molecule has 0 saturated carbocycles. The summed E-state index contributed by atoms with van der Waals surface area (Å²) in [5.74, 6) is 0.282. The lowest BCUT2D eigenvalue weighted by molar-refractivity contribution is -0.142. The van der Waals surface area contributed by atoms with Gasteiger partial charge in [-0.05, 0) is 19.4 Å². The SMILES string of the molecule is Cn1cc(CN2CCCC[C@H]2C(=O)N2CCOCC2)c(C(C)(C)C)n1. The number of carbonyl (C=O) groups is 1. The van der Waals surface area contributed by atoms with E-state index in [1.54, 1.807) is 0 Å². The smallest absolute Gasteiger partial charge is 0.240 e. The lowest BCUT2D eigenvalue weighted by Crippen LogP contribution is -2.53. The Morgan fingerprint density at radius 2 is 1.96 bits per heavy atom. The third kappa shape index (κ3) is 4.23. The van der Waals surface area contributed by atoms with Crippen molar-refractivity contribution in [1.82, 2.24) is 19.6 Å². The lowest BCUT2D eigenvalue weighted by atomic mass is 9.89. The summed E-state index contributed by atoms with van der Waals surface area (Å²) in [5, 5.41) is 4.69. The molecule has 2 aliphatic heterocycles. The minimum atomic E-state index is -0.000116. The summed E-state index contributed by atoms with van der Waals surface area (Å²) >= 11 is 0. The Labute approximate surface area is 151 Å². The molecular formula is C19H32N4O2. The number of hydrogen-bond donors (Lipinski definition) is 0. The van der Waals surface area contributed by atoms with Crippen molar-refractivity contribution >= 4 is 5.91 Å². The fourth-order valence-electron chi connectivity index (χ4n) is 3.96. The van der Waals surface area contributed by atoms with Crippen LogP contribution in [-0.4, -0.2) is 64.4 Å². The van der Waals surface area contributed by atoms with E-state index in [1.165, 1.54) is 5.56 Å². The Balaban J connectivity index is 1.76. The highest BCUT2D eigenvalue weighted by Crippen LogP contribution is 2.28. The maximum absolute atomic E-state index is 13.0. The molecule has 1 amide bonds. The van der Waals surface area contributed by atoms with E-state index in [1.807, 2.05) is 16.6 Å². The number of aryl methyl sites for hydroxylation is 1. The van der Waals surface area contributed by atoms with Crippen molar-refractivity contribution in [2.45, 2.75) is 58.0 Å². The molecule has 2 saturated heterocycles. The van der Waals surface area contributed by atoms with E-state index in [-0.39, 0.29) is 17.4 Å². The van der Waals surface area contributed by atoms with Crippen LogP contribution < -0.4 is 0 Å². The van der Waals surface area contributed by atoms with Crippen molar-refractivity contribution in [1.29, 1.82) is 0 Å². The van der Waals surface area contributed by atoms with Crippen LogP contribution in [0.1, 0.15) is 51.3 Å². The summed E-state index contributed by atoms with van der Waals surface area (Å²) in [6.07, 6.45) is 5.38. The third-order valence-corrected chi connectivity index (χ3v) is 5.21. The molecule has 0 aromatic carbocycles. The summed E-state index contributed by atoms with van der Waals surface area (Å²) < 4.78 is 7.30. The summed E-state index contributed by atoms with van der Waals surface area (Å²) in [6.45, 7) is 11.2. The molecule has 2 fully saturated rings. The first-order valence-electron chi connectivity index (χ1n) is 9.50. The van der Waals surface area contributed by atoms with E-state index in [0.29, 0.717) is 13.2 Å². The fraction of sp³-hybridized carbons (Fsp3) is 0.789. The van der Waals surface area contributed by atoms with Gasteiger partial charge in [0.2, 0.25) is 5.91 Å². The van der Waals surface area contributed by atoms with Gasteiger partial charge in [-0.25, -0.2) is 0 Å². The second-order valence-electron chi connectivity index (χ2n) is 8.35. The van der Waals surface area contributed by atoms with Gasteiger partial charge in [-0.3, -0.25) is 14.4 Å². The van der Waals surface area contributed by atoms with Crippen LogP contribution in [0.5, 0.6) is 0 Å². The number of piperidine rings is 1. The highest BCUT2D eigenvalue weighted by atomic mass is 16.5. The zero-order valence-electron chi connectivity index (χ0n) is 16.1. The van der Waals surface area contributed by atoms with E-state index >= 15 is 0 Å². The fourth-order valence-corrected chi connectivity index (χ4v) is 3.96. The number of aromatic nitrogens is 2. The molecule has 0 unspecified atom stereocenters. The highest BCUT2D eigenvalue weighted by Gasteiger charge is 2.34. The van der Waals surface area contributed by atoms with Crippen LogP contribution in [0, 0.1) is 0 Å². The molecule has 0 spiro atoms. The van der Waals surface area contributed by atoms with Gasteiger partial charge in [0.15, 0.2) is 0 Å². The van der Waals surface area contributed by atoms with Crippen molar-refractivity contribution in [3.8, 4) is 0 Å². The monoisotopic (exact) mass is 348 g/mol. The molecule has 3 heterocycles. The minimum absolute atomic E-state index is 0.000116. The average molecular weight is 348 g/mol. The zero-order chi connectivity index (χ0) is 18.0. The summed E-state index contributed by atoms with van der Waals surface area (Å²) in [5.41, 5.74) is 2.39. The molecule has 1 aromatic heterocycles. The number of rotatable bonds is 3. The largest absolute Gasteiger partial charge is 0.378 e. The minimum Gasteiger partial charge on any atom is -0.378 e. The van der Waals surface area contributed by atoms with Gasteiger partial charge in [0, 0.05) is 43.9 Å². The Morgan fingerprint density at radius 3 is 2.64 bits per heavy atom. The Hall–Kier alpha value is -1.40. The van der Waals surface area contributed by atoms with E-state index in [9.17, 15) is 4.79 Å². The maximum Gasteiger partial charge on any atom is 0.240 e. The van der Waals surface area contributed by atoms with Gasteiger partial charge >= 0.3 is 0 Å². The number of morpholine rings is 1. The van der Waals surface area contributed by atoms with E-state index in [2.05, 4.69) is 37.0 Å². The lowest BCUT2D eigenvalue weighted by Gasteiger charge is -2.39. The van der Waals surface area contributed by atoms with Crippen molar-refractivity contribution in [2.24, 2.45) is 7.05 Å².